The highest BCUT2D eigenvalue weighted by Crippen LogP contribution is 2.34. The first kappa shape index (κ1) is 26.7. The van der Waals surface area contributed by atoms with Crippen LogP contribution in [0.1, 0.15) is 50.5 Å². The van der Waals surface area contributed by atoms with Crippen molar-refractivity contribution in [2.45, 2.75) is 57.4 Å². The van der Waals surface area contributed by atoms with E-state index in [1.54, 1.807) is 12.1 Å². The summed E-state index contributed by atoms with van der Waals surface area (Å²) in [5.74, 6) is 2.69. The summed E-state index contributed by atoms with van der Waals surface area (Å²) in [5, 5.41) is 14.4. The lowest BCUT2D eigenvalue weighted by Gasteiger charge is -2.39. The van der Waals surface area contributed by atoms with E-state index in [1.807, 2.05) is 66.7 Å². The van der Waals surface area contributed by atoms with Gasteiger partial charge in [-0.3, -0.25) is 14.9 Å². The molecule has 0 radical (unpaired) electrons. The Morgan fingerprint density at radius 2 is 1.62 bits per heavy atom. The van der Waals surface area contributed by atoms with Gasteiger partial charge in [0.1, 0.15) is 11.5 Å². The first-order valence-corrected chi connectivity index (χ1v) is 14.1. The smallest absolute Gasteiger partial charge is 0.269 e. The minimum absolute atomic E-state index is 0.0831. The molecule has 3 aromatic carbocycles. The molecule has 0 spiro atoms. The maximum absolute atomic E-state index is 13.0. The second kappa shape index (κ2) is 12.8. The molecule has 0 bridgehead atoms. The van der Waals surface area contributed by atoms with Crippen molar-refractivity contribution in [3.63, 3.8) is 0 Å². The lowest BCUT2D eigenvalue weighted by Crippen LogP contribution is -2.44. The van der Waals surface area contributed by atoms with E-state index < -0.39 is 0 Å². The molecule has 1 aliphatic heterocycles. The van der Waals surface area contributed by atoms with Gasteiger partial charge in [0, 0.05) is 37.0 Å². The highest BCUT2D eigenvalue weighted by atomic mass is 16.6. The molecule has 1 unspecified atom stereocenters. The van der Waals surface area contributed by atoms with Gasteiger partial charge in [0.25, 0.3) is 5.69 Å². The molecule has 2 fully saturated rings. The molecule has 1 aliphatic carbocycles. The van der Waals surface area contributed by atoms with Gasteiger partial charge in [-0.15, -0.1) is 0 Å². The number of nitrogens with zero attached hydrogens (tertiary/aromatic N) is 2. The second-order valence-electron chi connectivity index (χ2n) is 10.9. The van der Waals surface area contributed by atoms with Crippen LogP contribution in [-0.2, 0) is 11.2 Å². The number of hydrogen-bond acceptors (Lipinski definition) is 5. The first-order valence-electron chi connectivity index (χ1n) is 14.1. The maximum Gasteiger partial charge on any atom is 0.269 e. The van der Waals surface area contributed by atoms with E-state index in [0.29, 0.717) is 18.3 Å². The Balaban J connectivity index is 1.13. The Morgan fingerprint density at radius 1 is 0.897 bits per heavy atom. The van der Waals surface area contributed by atoms with E-state index in [-0.39, 0.29) is 22.6 Å². The first-order chi connectivity index (χ1) is 19.0. The number of benzene rings is 3. The van der Waals surface area contributed by atoms with Crippen molar-refractivity contribution in [1.29, 1.82) is 0 Å². The van der Waals surface area contributed by atoms with Gasteiger partial charge < -0.3 is 15.0 Å². The fraction of sp³-hybridized carbons (Fsp3) is 0.406. The normalized spacial score (nSPS) is 21.2. The standard InChI is InChI=1S/C32H37N3O4/c36-32(22-24-12-18-30(19-13-24)39-29-9-2-1-3-10-29)33-31-11-5-4-8-26(31)21-25-7-6-20-34(23-25)27-14-16-28(17-15-27)35(37)38/h1-3,9-10,12-19,25-26,31H,4-8,11,20-23H2,(H,33,36)/t25?,26-,31+/m0/s1. The molecule has 39 heavy (non-hydrogen) atoms. The Labute approximate surface area is 230 Å². The van der Waals surface area contributed by atoms with Crippen molar-refractivity contribution in [1.82, 2.24) is 5.32 Å². The average Bonchev–Trinajstić information content (AvgIpc) is 2.96. The molecular weight excluding hydrogens is 490 g/mol. The number of hydrogen-bond donors (Lipinski definition) is 1. The summed E-state index contributed by atoms with van der Waals surface area (Å²) >= 11 is 0. The van der Waals surface area contributed by atoms with Crippen molar-refractivity contribution in [3.05, 3.63) is 94.5 Å². The Kier molecular flexibility index (Phi) is 8.76. The van der Waals surface area contributed by atoms with E-state index in [2.05, 4.69) is 10.2 Å². The number of carbonyl (C=O) groups excluding carboxylic acids is 1. The SMILES string of the molecule is O=C(Cc1ccc(Oc2ccccc2)cc1)N[C@@H]1CCCC[C@H]1CC1CCCN(c2ccc([N+](=O)[O-])cc2)C1. The predicted octanol–water partition coefficient (Wildman–Crippen LogP) is 6.91. The van der Waals surface area contributed by atoms with Crippen molar-refractivity contribution in [2.75, 3.05) is 18.0 Å². The van der Waals surface area contributed by atoms with Crippen molar-refractivity contribution in [2.24, 2.45) is 11.8 Å². The van der Waals surface area contributed by atoms with Crippen molar-refractivity contribution < 1.29 is 14.5 Å². The molecule has 1 heterocycles. The van der Waals surface area contributed by atoms with Crippen molar-refractivity contribution >= 4 is 17.3 Å². The molecule has 3 aromatic rings. The molecule has 5 rings (SSSR count). The number of amides is 1. The Morgan fingerprint density at radius 3 is 2.36 bits per heavy atom. The monoisotopic (exact) mass is 527 g/mol. The van der Waals surface area contributed by atoms with Gasteiger partial charge in [-0.1, -0.05) is 43.2 Å². The van der Waals surface area contributed by atoms with Gasteiger partial charge in [-0.05, 0) is 85.9 Å². The Hall–Kier alpha value is -3.87. The third-order valence-corrected chi connectivity index (χ3v) is 8.10. The number of anilines is 1. The van der Waals surface area contributed by atoms with Crippen LogP contribution in [0, 0.1) is 22.0 Å². The fourth-order valence-corrected chi connectivity index (χ4v) is 6.13. The molecular formula is C32H37N3O4. The molecule has 1 N–H and O–H groups in total. The lowest BCUT2D eigenvalue weighted by molar-refractivity contribution is -0.384. The number of rotatable bonds is 9. The molecule has 1 saturated carbocycles. The predicted molar refractivity (Wildman–Crippen MR) is 153 cm³/mol. The number of nitro groups is 1. The van der Waals surface area contributed by atoms with Gasteiger partial charge in [-0.2, -0.15) is 0 Å². The number of piperidine rings is 1. The number of carbonyl (C=O) groups is 1. The zero-order chi connectivity index (χ0) is 27.0. The fourth-order valence-electron chi connectivity index (χ4n) is 6.13. The Bertz CT molecular complexity index is 1230. The summed E-state index contributed by atoms with van der Waals surface area (Å²) in [7, 11) is 0. The summed E-state index contributed by atoms with van der Waals surface area (Å²) in [6.07, 6.45) is 8.37. The number of nitrogens with one attached hydrogen (secondary N) is 1. The molecule has 7 nitrogen and oxygen atoms in total. The summed E-state index contributed by atoms with van der Waals surface area (Å²) in [5.41, 5.74) is 2.16. The van der Waals surface area contributed by atoms with Crippen molar-refractivity contribution in [3.8, 4) is 11.5 Å². The van der Waals surface area contributed by atoms with E-state index in [9.17, 15) is 14.9 Å². The summed E-state index contributed by atoms with van der Waals surface area (Å²) in [6.45, 7) is 1.95. The van der Waals surface area contributed by atoms with Crippen LogP contribution in [0.15, 0.2) is 78.9 Å². The highest BCUT2D eigenvalue weighted by molar-refractivity contribution is 5.79. The molecule has 7 heteroatoms. The molecule has 1 saturated heterocycles. The summed E-state index contributed by atoms with van der Waals surface area (Å²) in [4.78, 5) is 26.0. The van der Waals surface area contributed by atoms with Gasteiger partial charge in [0.05, 0.1) is 11.3 Å². The zero-order valence-corrected chi connectivity index (χ0v) is 22.3. The molecule has 2 aliphatic rings. The average molecular weight is 528 g/mol. The zero-order valence-electron chi connectivity index (χ0n) is 22.3. The molecule has 0 aromatic heterocycles. The van der Waals surface area contributed by atoms with E-state index in [4.69, 9.17) is 4.74 Å². The largest absolute Gasteiger partial charge is 0.457 e. The number of non-ortho nitro benzene ring substituents is 1. The molecule has 3 atom stereocenters. The quantitative estimate of drug-likeness (QED) is 0.241. The number of para-hydroxylation sites is 1. The van der Waals surface area contributed by atoms with Crippen LogP contribution in [0.25, 0.3) is 0 Å². The minimum Gasteiger partial charge on any atom is -0.457 e. The highest BCUT2D eigenvalue weighted by Gasteiger charge is 2.31. The van der Waals surface area contributed by atoms with Gasteiger partial charge in [0.2, 0.25) is 5.91 Å². The third kappa shape index (κ3) is 7.37. The van der Waals surface area contributed by atoms with Gasteiger partial charge >= 0.3 is 0 Å². The lowest BCUT2D eigenvalue weighted by atomic mass is 9.77. The molecule has 204 valence electrons. The van der Waals surface area contributed by atoms with Crippen LogP contribution in [0.3, 0.4) is 0 Å². The van der Waals surface area contributed by atoms with Crippen LogP contribution in [-0.4, -0.2) is 30.0 Å². The van der Waals surface area contributed by atoms with Crippen LogP contribution >= 0.6 is 0 Å². The van der Waals surface area contributed by atoms with Crippen LogP contribution < -0.4 is 15.0 Å². The number of nitro benzene ring substituents is 1. The minimum atomic E-state index is -0.351. The van der Waals surface area contributed by atoms with Gasteiger partial charge in [-0.25, -0.2) is 0 Å². The molecule has 1 amide bonds. The van der Waals surface area contributed by atoms with E-state index >= 15 is 0 Å². The van der Waals surface area contributed by atoms with Gasteiger partial charge in [0.15, 0.2) is 0 Å². The topological polar surface area (TPSA) is 84.7 Å². The maximum atomic E-state index is 13.0. The summed E-state index contributed by atoms with van der Waals surface area (Å²) in [6, 6.07) is 24.6. The third-order valence-electron chi connectivity index (χ3n) is 8.10. The number of ether oxygens (including phenoxy) is 1. The van der Waals surface area contributed by atoms with Crippen LogP contribution in [0.4, 0.5) is 11.4 Å². The summed E-state index contributed by atoms with van der Waals surface area (Å²) < 4.78 is 5.87. The van der Waals surface area contributed by atoms with E-state index in [1.165, 1.54) is 12.8 Å². The van der Waals surface area contributed by atoms with Crippen LogP contribution in [0.5, 0.6) is 11.5 Å². The second-order valence-corrected chi connectivity index (χ2v) is 10.9. The van der Waals surface area contributed by atoms with Crippen LogP contribution in [0.2, 0.25) is 0 Å². The van der Waals surface area contributed by atoms with E-state index in [0.717, 1.165) is 67.9 Å².